The third-order valence-electron chi connectivity index (χ3n) is 3.22. The Balaban J connectivity index is 0.000000436. The van der Waals surface area contributed by atoms with Crippen molar-refractivity contribution in [2.75, 3.05) is 0 Å². The molecular formula is C22H24O7. The number of aldehydes is 2. The van der Waals surface area contributed by atoms with E-state index in [1.165, 1.54) is 19.9 Å². The maximum atomic E-state index is 10.7. The van der Waals surface area contributed by atoms with Crippen LogP contribution in [0.15, 0.2) is 49.2 Å². The molecule has 7 heteroatoms. The fourth-order valence-electron chi connectivity index (χ4n) is 1.77. The summed E-state index contributed by atoms with van der Waals surface area (Å²) in [4.78, 5) is 41.0. The van der Waals surface area contributed by atoms with Gasteiger partial charge in [-0.25, -0.2) is 0 Å². The van der Waals surface area contributed by atoms with Crippen LogP contribution in [0.2, 0.25) is 0 Å². The number of hydrogen-bond acceptors (Lipinski definition) is 7. The molecule has 2 rings (SSSR count). The van der Waals surface area contributed by atoms with E-state index in [4.69, 9.17) is 9.84 Å². The number of benzene rings is 2. The molecule has 2 aromatic rings. The quantitative estimate of drug-likeness (QED) is 0.358. The molecule has 0 radical (unpaired) electrons. The van der Waals surface area contributed by atoms with E-state index in [2.05, 4.69) is 11.3 Å². The fraction of sp³-hybridized carbons (Fsp3) is 0.182. The van der Waals surface area contributed by atoms with Crippen molar-refractivity contribution in [3.8, 4) is 11.5 Å². The van der Waals surface area contributed by atoms with Gasteiger partial charge in [-0.1, -0.05) is 30.8 Å². The number of phenols is 1. The second-order valence-corrected chi connectivity index (χ2v) is 5.68. The summed E-state index contributed by atoms with van der Waals surface area (Å²) in [5, 5.41) is 9.07. The second-order valence-electron chi connectivity index (χ2n) is 5.68. The lowest BCUT2D eigenvalue weighted by Crippen LogP contribution is -2.03. The number of rotatable bonds is 4. The summed E-state index contributed by atoms with van der Waals surface area (Å²) in [5.41, 5.74) is 2.62. The Morgan fingerprint density at radius 2 is 1.41 bits per heavy atom. The van der Waals surface area contributed by atoms with Crippen LogP contribution in [0.4, 0.5) is 0 Å². The number of carbonyl (C=O) groups excluding carboxylic acids is 4. The molecule has 7 nitrogen and oxygen atoms in total. The second kappa shape index (κ2) is 13.4. The van der Waals surface area contributed by atoms with Gasteiger partial charge in [0, 0.05) is 25.0 Å². The average molecular weight is 400 g/mol. The summed E-state index contributed by atoms with van der Waals surface area (Å²) in [6.07, 6.45) is 2.52. The van der Waals surface area contributed by atoms with Gasteiger partial charge in [0.25, 0.3) is 0 Å². The van der Waals surface area contributed by atoms with Crippen molar-refractivity contribution in [1.29, 1.82) is 0 Å². The van der Waals surface area contributed by atoms with E-state index in [0.717, 1.165) is 17.4 Å². The van der Waals surface area contributed by atoms with Crippen molar-refractivity contribution in [2.24, 2.45) is 0 Å². The molecule has 0 aliphatic rings. The maximum Gasteiger partial charge on any atom is 0.308 e. The minimum atomic E-state index is -0.383. The number of aryl methyl sites for hydroxylation is 2. The van der Waals surface area contributed by atoms with E-state index < -0.39 is 0 Å². The van der Waals surface area contributed by atoms with Gasteiger partial charge < -0.3 is 14.6 Å². The zero-order valence-electron chi connectivity index (χ0n) is 16.8. The van der Waals surface area contributed by atoms with Gasteiger partial charge in [-0.05, 0) is 37.1 Å². The lowest BCUT2D eigenvalue weighted by molar-refractivity contribution is -0.135. The molecule has 0 saturated heterocycles. The molecule has 0 atom stereocenters. The highest BCUT2D eigenvalue weighted by atomic mass is 16.5. The van der Waals surface area contributed by atoms with Gasteiger partial charge in [-0.3, -0.25) is 19.2 Å². The molecule has 0 heterocycles. The van der Waals surface area contributed by atoms with Crippen molar-refractivity contribution < 1.29 is 33.8 Å². The van der Waals surface area contributed by atoms with Crippen LogP contribution < -0.4 is 4.74 Å². The van der Waals surface area contributed by atoms with Gasteiger partial charge in [-0.2, -0.15) is 0 Å². The standard InChI is InChI=1S/C10H10O3.C8H8O2.C4H6O2/c1-7-3-4-9(6-11)5-10(7)13-8(2)12;1-6-2-3-7(5-9)4-8(6)10;1-3-6-4(2)5/h3-6H,1-2H3;2-5,10H,1H3;3H,1H2,2H3. The lowest BCUT2D eigenvalue weighted by Gasteiger charge is -2.04. The van der Waals surface area contributed by atoms with Crippen LogP contribution in [0, 0.1) is 13.8 Å². The van der Waals surface area contributed by atoms with Crippen molar-refractivity contribution in [3.63, 3.8) is 0 Å². The predicted molar refractivity (Wildman–Crippen MR) is 108 cm³/mol. The SMILES string of the molecule is C=COC(C)=O.CC(=O)Oc1cc(C=O)ccc1C.Cc1ccc(C=O)cc1O. The normalized spacial score (nSPS) is 8.83. The van der Waals surface area contributed by atoms with Crippen molar-refractivity contribution in [2.45, 2.75) is 27.7 Å². The molecule has 2 aromatic carbocycles. The molecular weight excluding hydrogens is 376 g/mol. The fourth-order valence-corrected chi connectivity index (χ4v) is 1.77. The van der Waals surface area contributed by atoms with Crippen LogP contribution in [-0.2, 0) is 14.3 Å². The van der Waals surface area contributed by atoms with E-state index in [1.807, 2.05) is 6.92 Å². The third kappa shape index (κ3) is 10.9. The molecule has 1 N–H and O–H groups in total. The van der Waals surface area contributed by atoms with Crippen molar-refractivity contribution in [1.82, 2.24) is 0 Å². The molecule has 29 heavy (non-hydrogen) atoms. The number of phenolic OH excluding ortho intramolecular Hbond substituents is 1. The topological polar surface area (TPSA) is 107 Å². The van der Waals surface area contributed by atoms with E-state index in [1.54, 1.807) is 37.3 Å². The molecule has 0 fully saturated rings. The highest BCUT2D eigenvalue weighted by molar-refractivity contribution is 5.77. The van der Waals surface area contributed by atoms with Gasteiger partial charge in [0.1, 0.15) is 24.1 Å². The third-order valence-corrected chi connectivity index (χ3v) is 3.22. The van der Waals surface area contributed by atoms with Crippen molar-refractivity contribution in [3.05, 3.63) is 71.5 Å². The zero-order valence-corrected chi connectivity index (χ0v) is 16.8. The molecule has 0 saturated carbocycles. The summed E-state index contributed by atoms with van der Waals surface area (Å²) in [6.45, 7) is 9.40. The molecule has 0 unspecified atom stereocenters. The van der Waals surface area contributed by atoms with Crippen LogP contribution in [0.3, 0.4) is 0 Å². The van der Waals surface area contributed by atoms with Gasteiger partial charge >= 0.3 is 11.9 Å². The summed E-state index contributed by atoms with van der Waals surface area (Å²) < 4.78 is 9.06. The van der Waals surface area contributed by atoms with E-state index in [-0.39, 0.29) is 17.7 Å². The number of esters is 2. The number of carbonyl (C=O) groups is 4. The Bertz CT molecular complexity index is 869. The lowest BCUT2D eigenvalue weighted by atomic mass is 10.1. The van der Waals surface area contributed by atoms with Gasteiger partial charge in [-0.15, -0.1) is 0 Å². The Kier molecular flexibility index (Phi) is 11.7. The average Bonchev–Trinajstić information content (AvgIpc) is 2.66. The maximum absolute atomic E-state index is 10.7. The number of aromatic hydroxyl groups is 1. The van der Waals surface area contributed by atoms with Gasteiger partial charge in [0.2, 0.25) is 0 Å². The Labute approximate surface area is 169 Å². The molecule has 0 spiro atoms. The van der Waals surface area contributed by atoms with E-state index >= 15 is 0 Å². The molecule has 0 aliphatic carbocycles. The molecule has 154 valence electrons. The Morgan fingerprint density at radius 3 is 1.79 bits per heavy atom. The number of ether oxygens (including phenoxy) is 2. The monoisotopic (exact) mass is 400 g/mol. The highest BCUT2D eigenvalue weighted by Gasteiger charge is 2.03. The summed E-state index contributed by atoms with van der Waals surface area (Å²) in [7, 11) is 0. The largest absolute Gasteiger partial charge is 0.508 e. The first kappa shape index (κ1) is 25.3. The molecule has 0 amide bonds. The van der Waals surface area contributed by atoms with Crippen LogP contribution in [0.1, 0.15) is 45.7 Å². The highest BCUT2D eigenvalue weighted by Crippen LogP contribution is 2.18. The van der Waals surface area contributed by atoms with E-state index in [9.17, 15) is 19.2 Å². The first-order chi connectivity index (χ1) is 13.6. The number of hydrogen-bond donors (Lipinski definition) is 1. The Hall–Kier alpha value is -3.74. The summed E-state index contributed by atoms with van der Waals surface area (Å²) in [6, 6.07) is 9.78. The van der Waals surface area contributed by atoms with Crippen LogP contribution >= 0.6 is 0 Å². The van der Waals surface area contributed by atoms with E-state index in [0.29, 0.717) is 29.4 Å². The summed E-state index contributed by atoms with van der Waals surface area (Å²) in [5.74, 6) is -0.0992. The smallest absolute Gasteiger partial charge is 0.308 e. The first-order valence-corrected chi connectivity index (χ1v) is 8.41. The minimum absolute atomic E-state index is 0.171. The van der Waals surface area contributed by atoms with Gasteiger partial charge in [0.15, 0.2) is 0 Å². The molecule has 0 aromatic heterocycles. The van der Waals surface area contributed by atoms with Crippen LogP contribution in [-0.4, -0.2) is 29.6 Å². The predicted octanol–water partition coefficient (Wildman–Crippen LogP) is 3.94. The summed E-state index contributed by atoms with van der Waals surface area (Å²) >= 11 is 0. The minimum Gasteiger partial charge on any atom is -0.508 e. The first-order valence-electron chi connectivity index (χ1n) is 8.41. The van der Waals surface area contributed by atoms with Crippen LogP contribution in [0.5, 0.6) is 11.5 Å². The Morgan fingerprint density at radius 1 is 0.897 bits per heavy atom. The molecule has 0 bridgehead atoms. The van der Waals surface area contributed by atoms with Crippen molar-refractivity contribution >= 4 is 24.5 Å². The zero-order chi connectivity index (χ0) is 22.4. The van der Waals surface area contributed by atoms with Crippen LogP contribution in [0.25, 0.3) is 0 Å². The van der Waals surface area contributed by atoms with Gasteiger partial charge in [0.05, 0.1) is 6.26 Å². The molecule has 0 aliphatic heterocycles.